The Labute approximate surface area is 83.6 Å². The number of aromatic nitrogens is 2. The number of imidazole rings is 1. The molecule has 14 heavy (non-hydrogen) atoms. The zero-order valence-corrected chi connectivity index (χ0v) is 8.77. The molecule has 4 heteroatoms. The van der Waals surface area contributed by atoms with Crippen LogP contribution in [-0.4, -0.2) is 28.1 Å². The van der Waals surface area contributed by atoms with Crippen molar-refractivity contribution in [3.63, 3.8) is 0 Å². The van der Waals surface area contributed by atoms with Crippen molar-refractivity contribution >= 4 is 5.90 Å². The SMILES string of the molecule is CC(C)[C@@H]1COC(c2cncn2C)=N1. The largest absolute Gasteiger partial charge is 0.474 e. The van der Waals surface area contributed by atoms with E-state index in [2.05, 4.69) is 23.8 Å². The highest BCUT2D eigenvalue weighted by Crippen LogP contribution is 2.16. The average Bonchev–Trinajstić information content (AvgIpc) is 2.71. The number of hydrogen-bond donors (Lipinski definition) is 0. The number of ether oxygens (including phenoxy) is 1. The summed E-state index contributed by atoms with van der Waals surface area (Å²) in [5.41, 5.74) is 0.952. The van der Waals surface area contributed by atoms with E-state index in [9.17, 15) is 0 Å². The third-order valence-corrected chi connectivity index (χ3v) is 2.48. The van der Waals surface area contributed by atoms with Crippen LogP contribution in [0.25, 0.3) is 0 Å². The molecule has 0 fully saturated rings. The highest BCUT2D eigenvalue weighted by molar-refractivity contribution is 5.93. The van der Waals surface area contributed by atoms with E-state index in [4.69, 9.17) is 4.74 Å². The van der Waals surface area contributed by atoms with E-state index in [-0.39, 0.29) is 0 Å². The predicted molar refractivity (Wildman–Crippen MR) is 54.3 cm³/mol. The Morgan fingerprint density at radius 1 is 1.57 bits per heavy atom. The minimum Gasteiger partial charge on any atom is -0.474 e. The smallest absolute Gasteiger partial charge is 0.235 e. The van der Waals surface area contributed by atoms with Gasteiger partial charge in [-0.3, -0.25) is 0 Å². The lowest BCUT2D eigenvalue weighted by atomic mass is 10.1. The quantitative estimate of drug-likeness (QED) is 0.708. The maximum atomic E-state index is 5.54. The van der Waals surface area contributed by atoms with E-state index < -0.39 is 0 Å². The number of rotatable bonds is 2. The number of hydrogen-bond acceptors (Lipinski definition) is 3. The van der Waals surface area contributed by atoms with Gasteiger partial charge in [-0.1, -0.05) is 13.8 Å². The molecule has 2 rings (SSSR count). The van der Waals surface area contributed by atoms with Crippen LogP contribution >= 0.6 is 0 Å². The van der Waals surface area contributed by atoms with Gasteiger partial charge in [0.25, 0.3) is 0 Å². The molecule has 0 amide bonds. The first kappa shape index (κ1) is 9.24. The van der Waals surface area contributed by atoms with Gasteiger partial charge in [0, 0.05) is 7.05 Å². The third-order valence-electron chi connectivity index (χ3n) is 2.48. The van der Waals surface area contributed by atoms with E-state index in [0.717, 1.165) is 11.6 Å². The highest BCUT2D eigenvalue weighted by atomic mass is 16.5. The Hall–Kier alpha value is -1.32. The molecule has 1 aliphatic rings. The van der Waals surface area contributed by atoms with Crippen LogP contribution in [0.4, 0.5) is 0 Å². The number of nitrogens with zero attached hydrogens (tertiary/aromatic N) is 3. The number of aryl methyl sites for hydroxylation is 1. The van der Waals surface area contributed by atoms with E-state index in [0.29, 0.717) is 18.6 Å². The molecule has 0 spiro atoms. The van der Waals surface area contributed by atoms with E-state index >= 15 is 0 Å². The minimum absolute atomic E-state index is 0.292. The summed E-state index contributed by atoms with van der Waals surface area (Å²) in [6.45, 7) is 5.01. The fourth-order valence-electron chi connectivity index (χ4n) is 1.43. The summed E-state index contributed by atoms with van der Waals surface area (Å²) >= 11 is 0. The Kier molecular flexibility index (Phi) is 2.27. The molecule has 0 aromatic carbocycles. The second-order valence-corrected chi connectivity index (χ2v) is 3.95. The highest BCUT2D eigenvalue weighted by Gasteiger charge is 2.23. The van der Waals surface area contributed by atoms with Crippen molar-refractivity contribution in [3.05, 3.63) is 18.2 Å². The third kappa shape index (κ3) is 1.52. The summed E-state index contributed by atoms with van der Waals surface area (Å²) in [4.78, 5) is 8.56. The molecule has 1 atom stereocenters. The molecule has 0 saturated carbocycles. The molecule has 1 aromatic rings. The predicted octanol–water partition coefficient (Wildman–Crippen LogP) is 1.22. The van der Waals surface area contributed by atoms with Crippen LogP contribution in [0.15, 0.2) is 17.5 Å². The summed E-state index contributed by atoms with van der Waals surface area (Å²) in [5, 5.41) is 0. The molecule has 0 aliphatic carbocycles. The molecule has 1 aliphatic heterocycles. The summed E-state index contributed by atoms with van der Waals surface area (Å²) in [6, 6.07) is 0.292. The fourth-order valence-corrected chi connectivity index (χ4v) is 1.43. The van der Waals surface area contributed by atoms with Gasteiger partial charge in [-0.15, -0.1) is 0 Å². The lowest BCUT2D eigenvalue weighted by Crippen LogP contribution is -2.13. The first-order valence-electron chi connectivity index (χ1n) is 4.85. The van der Waals surface area contributed by atoms with Crippen LogP contribution in [-0.2, 0) is 11.8 Å². The molecule has 1 aromatic heterocycles. The van der Waals surface area contributed by atoms with Crippen molar-refractivity contribution in [2.75, 3.05) is 6.61 Å². The van der Waals surface area contributed by atoms with Crippen LogP contribution in [0.1, 0.15) is 19.5 Å². The van der Waals surface area contributed by atoms with Crippen molar-refractivity contribution in [2.45, 2.75) is 19.9 Å². The van der Waals surface area contributed by atoms with Gasteiger partial charge in [-0.2, -0.15) is 0 Å². The normalized spacial score (nSPS) is 21.1. The summed E-state index contributed by atoms with van der Waals surface area (Å²) in [5.74, 6) is 1.25. The molecule has 4 nitrogen and oxygen atoms in total. The van der Waals surface area contributed by atoms with Gasteiger partial charge < -0.3 is 9.30 Å². The monoisotopic (exact) mass is 193 g/mol. The first-order valence-corrected chi connectivity index (χ1v) is 4.85. The lowest BCUT2D eigenvalue weighted by molar-refractivity contribution is 0.291. The maximum absolute atomic E-state index is 5.54. The Morgan fingerprint density at radius 2 is 2.36 bits per heavy atom. The standard InChI is InChI=1S/C10H15N3O/c1-7(2)8-5-14-10(12-8)9-4-11-6-13(9)3/h4,6-8H,5H2,1-3H3/t8-/m0/s1. The molecule has 0 N–H and O–H groups in total. The Bertz CT molecular complexity index is 354. The molecule has 0 bridgehead atoms. The summed E-state index contributed by atoms with van der Waals surface area (Å²) in [6.07, 6.45) is 3.53. The van der Waals surface area contributed by atoms with Gasteiger partial charge in [-0.25, -0.2) is 9.98 Å². The molecule has 2 heterocycles. The summed E-state index contributed by atoms with van der Waals surface area (Å²) in [7, 11) is 1.94. The van der Waals surface area contributed by atoms with Crippen LogP contribution in [0.5, 0.6) is 0 Å². The second kappa shape index (κ2) is 3.44. The van der Waals surface area contributed by atoms with Gasteiger partial charge in [0.05, 0.1) is 18.6 Å². The zero-order chi connectivity index (χ0) is 10.1. The maximum Gasteiger partial charge on any atom is 0.235 e. The average molecular weight is 193 g/mol. The molecular formula is C10H15N3O. The van der Waals surface area contributed by atoms with Gasteiger partial charge >= 0.3 is 0 Å². The van der Waals surface area contributed by atoms with Crippen LogP contribution in [0.3, 0.4) is 0 Å². The van der Waals surface area contributed by atoms with Crippen molar-refractivity contribution in [3.8, 4) is 0 Å². The van der Waals surface area contributed by atoms with Gasteiger partial charge in [0.15, 0.2) is 0 Å². The van der Waals surface area contributed by atoms with E-state index in [1.807, 2.05) is 11.6 Å². The van der Waals surface area contributed by atoms with E-state index in [1.54, 1.807) is 12.5 Å². The minimum atomic E-state index is 0.292. The zero-order valence-electron chi connectivity index (χ0n) is 8.77. The fraction of sp³-hybridized carbons (Fsp3) is 0.600. The Balaban J connectivity index is 2.22. The Morgan fingerprint density at radius 3 is 2.86 bits per heavy atom. The topological polar surface area (TPSA) is 39.4 Å². The van der Waals surface area contributed by atoms with Crippen molar-refractivity contribution in [1.82, 2.24) is 9.55 Å². The number of aliphatic imine (C=N–C) groups is 1. The van der Waals surface area contributed by atoms with Gasteiger partial charge in [-0.05, 0) is 5.92 Å². The van der Waals surface area contributed by atoms with Crippen molar-refractivity contribution in [2.24, 2.45) is 18.0 Å². The van der Waals surface area contributed by atoms with Gasteiger partial charge in [0.1, 0.15) is 12.3 Å². The van der Waals surface area contributed by atoms with Crippen molar-refractivity contribution < 1.29 is 4.74 Å². The van der Waals surface area contributed by atoms with Gasteiger partial charge in [0.2, 0.25) is 5.90 Å². The summed E-state index contributed by atoms with van der Waals surface area (Å²) < 4.78 is 7.46. The molecule has 0 saturated heterocycles. The molecule has 76 valence electrons. The van der Waals surface area contributed by atoms with Crippen LogP contribution < -0.4 is 0 Å². The lowest BCUT2D eigenvalue weighted by Gasteiger charge is -2.06. The van der Waals surface area contributed by atoms with Crippen molar-refractivity contribution in [1.29, 1.82) is 0 Å². The first-order chi connectivity index (χ1) is 6.68. The molecular weight excluding hydrogens is 178 g/mol. The molecule has 0 unspecified atom stereocenters. The van der Waals surface area contributed by atoms with Crippen LogP contribution in [0.2, 0.25) is 0 Å². The molecule has 0 radical (unpaired) electrons. The van der Waals surface area contributed by atoms with E-state index in [1.165, 1.54) is 0 Å². The second-order valence-electron chi connectivity index (χ2n) is 3.95. The van der Waals surface area contributed by atoms with Crippen LogP contribution in [0, 0.1) is 5.92 Å².